The van der Waals surface area contributed by atoms with Gasteiger partial charge in [-0.15, -0.1) is 0 Å². The number of rotatable bonds is 5. The van der Waals surface area contributed by atoms with E-state index in [1.165, 1.54) is 59.9 Å². The van der Waals surface area contributed by atoms with Crippen LogP contribution in [-0.4, -0.2) is 14.8 Å². The molecule has 0 aliphatic carbocycles. The summed E-state index contributed by atoms with van der Waals surface area (Å²) in [6, 6.07) is 74.4. The van der Waals surface area contributed by atoms with E-state index in [1.807, 2.05) is 0 Å². The van der Waals surface area contributed by atoms with E-state index in [0.29, 0.717) is 0 Å². The van der Waals surface area contributed by atoms with Crippen LogP contribution in [0.25, 0.3) is 76.9 Å². The molecule has 2 aromatic heterocycles. The summed E-state index contributed by atoms with van der Waals surface area (Å²) < 4.78 is 4.87. The second kappa shape index (κ2) is 12.9. The molecule has 0 spiro atoms. The fraction of sp³-hybridized carbons (Fsp3) is 0.0185. The van der Waals surface area contributed by atoms with Gasteiger partial charge in [0, 0.05) is 32.9 Å². The maximum absolute atomic E-state index is 5.37. The molecule has 11 aromatic rings. The van der Waals surface area contributed by atoms with Crippen LogP contribution in [0.5, 0.6) is 0 Å². The van der Waals surface area contributed by atoms with E-state index < -0.39 is 0 Å². The fourth-order valence-electron chi connectivity index (χ4n) is 9.28. The van der Waals surface area contributed by atoms with Crippen molar-refractivity contribution in [1.82, 2.24) is 9.13 Å². The first-order valence-electron chi connectivity index (χ1n) is 19.9. The molecule has 9 aromatic carbocycles. The number of anilines is 1. The number of aromatic nitrogens is 2. The Morgan fingerprint density at radius 3 is 1.90 bits per heavy atom. The lowest BCUT2D eigenvalue weighted by Crippen LogP contribution is -2.24. The highest BCUT2D eigenvalue weighted by Gasteiger charge is 2.26. The Kier molecular flexibility index (Phi) is 7.26. The molecule has 58 heavy (non-hydrogen) atoms. The quantitative estimate of drug-likeness (QED) is 0.187. The zero-order valence-corrected chi connectivity index (χ0v) is 31.5. The Labute approximate surface area is 335 Å². The molecular weight excluding hydrogens is 705 g/mol. The summed E-state index contributed by atoms with van der Waals surface area (Å²) in [5.41, 5.74) is 14.6. The van der Waals surface area contributed by atoms with Gasteiger partial charge in [-0.25, -0.2) is 4.99 Å². The van der Waals surface area contributed by atoms with Crippen LogP contribution in [0.2, 0.25) is 0 Å². The lowest BCUT2D eigenvalue weighted by molar-refractivity contribution is 1.01. The maximum atomic E-state index is 5.37. The highest BCUT2D eigenvalue weighted by atomic mass is 15.0. The Morgan fingerprint density at radius 1 is 0.397 bits per heavy atom. The van der Waals surface area contributed by atoms with Crippen LogP contribution >= 0.6 is 0 Å². The van der Waals surface area contributed by atoms with Crippen molar-refractivity contribution in [2.45, 2.75) is 6.04 Å². The van der Waals surface area contributed by atoms with Crippen LogP contribution in [0.15, 0.2) is 211 Å². The second-order valence-corrected chi connectivity index (χ2v) is 15.2. The molecule has 1 N–H and O–H groups in total. The van der Waals surface area contributed by atoms with Crippen molar-refractivity contribution in [3.05, 3.63) is 217 Å². The molecule has 4 nitrogen and oxygen atoms in total. The van der Waals surface area contributed by atoms with Crippen molar-refractivity contribution in [3.63, 3.8) is 0 Å². The van der Waals surface area contributed by atoms with Crippen molar-refractivity contribution in [3.8, 4) is 22.5 Å². The van der Waals surface area contributed by atoms with Gasteiger partial charge in [0.05, 0.1) is 45.2 Å². The van der Waals surface area contributed by atoms with Gasteiger partial charge in [-0.1, -0.05) is 146 Å². The molecular formula is C54H36N4. The third kappa shape index (κ3) is 5.05. The smallest absolute Gasteiger partial charge is 0.0947 e. The van der Waals surface area contributed by atoms with Crippen LogP contribution in [0.1, 0.15) is 17.2 Å². The van der Waals surface area contributed by atoms with Gasteiger partial charge in [0.1, 0.15) is 0 Å². The van der Waals surface area contributed by atoms with Crippen molar-refractivity contribution in [2.75, 3.05) is 5.32 Å². The number of para-hydroxylation sites is 2. The van der Waals surface area contributed by atoms with Gasteiger partial charge in [-0.05, 0) is 93.7 Å². The number of nitrogens with one attached hydrogen (secondary N) is 1. The topological polar surface area (TPSA) is 34.2 Å². The summed E-state index contributed by atoms with van der Waals surface area (Å²) >= 11 is 0. The first-order valence-corrected chi connectivity index (χ1v) is 19.9. The average molecular weight is 741 g/mol. The van der Waals surface area contributed by atoms with Gasteiger partial charge >= 0.3 is 0 Å². The Balaban J connectivity index is 1.07. The lowest BCUT2D eigenvalue weighted by atomic mass is 9.93. The number of hydrogen-bond donors (Lipinski definition) is 1. The van der Waals surface area contributed by atoms with E-state index in [0.717, 1.165) is 45.2 Å². The van der Waals surface area contributed by atoms with Crippen LogP contribution in [-0.2, 0) is 0 Å². The summed E-state index contributed by atoms with van der Waals surface area (Å²) in [4.78, 5) is 5.37. The van der Waals surface area contributed by atoms with Gasteiger partial charge in [0.15, 0.2) is 0 Å². The van der Waals surface area contributed by atoms with Crippen LogP contribution in [0, 0.1) is 0 Å². The van der Waals surface area contributed by atoms with E-state index in [2.05, 4.69) is 221 Å². The minimum atomic E-state index is -0.0521. The molecule has 272 valence electrons. The number of aliphatic imine (C=N–C) groups is 1. The molecule has 1 unspecified atom stereocenters. The molecule has 0 bridgehead atoms. The molecule has 0 saturated carbocycles. The molecule has 4 heteroatoms. The number of fused-ring (bicyclic) bond motifs is 9. The zero-order valence-electron chi connectivity index (χ0n) is 31.5. The Morgan fingerprint density at radius 2 is 1.05 bits per heavy atom. The predicted octanol–water partition coefficient (Wildman–Crippen LogP) is 14.0. The number of nitrogens with zero attached hydrogens (tertiary/aromatic N) is 3. The van der Waals surface area contributed by atoms with E-state index in [-0.39, 0.29) is 6.04 Å². The standard InChI is InChI=1S/C54H36N4/c1-4-16-36(17-5-1)53-54(37-18-6-2-7-19-37)56-47-32-39(27-29-46(47)55-53)38-20-14-23-41(31-38)58-49-30-28-35-15-10-11-24-42(35)52(49)45-33-44-43-25-12-13-26-48(43)57(50(44)34-51(45)58)40-21-8-3-9-22-40/h1-34,53,55H. The molecule has 12 rings (SSSR count). The summed E-state index contributed by atoms with van der Waals surface area (Å²) in [5, 5.41) is 11.3. The summed E-state index contributed by atoms with van der Waals surface area (Å²) in [5.74, 6) is 0. The van der Waals surface area contributed by atoms with Crippen molar-refractivity contribution >= 4 is 71.5 Å². The number of hydrogen-bond acceptors (Lipinski definition) is 2. The van der Waals surface area contributed by atoms with Crippen molar-refractivity contribution in [2.24, 2.45) is 4.99 Å². The van der Waals surface area contributed by atoms with Crippen LogP contribution in [0.3, 0.4) is 0 Å². The van der Waals surface area contributed by atoms with E-state index in [4.69, 9.17) is 4.99 Å². The molecule has 0 radical (unpaired) electrons. The van der Waals surface area contributed by atoms with Gasteiger partial charge in [-0.2, -0.15) is 0 Å². The van der Waals surface area contributed by atoms with Gasteiger partial charge in [0.2, 0.25) is 0 Å². The van der Waals surface area contributed by atoms with Crippen LogP contribution < -0.4 is 5.32 Å². The monoisotopic (exact) mass is 740 g/mol. The normalized spacial score (nSPS) is 13.9. The molecule has 3 heterocycles. The third-order valence-electron chi connectivity index (χ3n) is 11.9. The molecule has 1 aliphatic heterocycles. The second-order valence-electron chi connectivity index (χ2n) is 15.2. The van der Waals surface area contributed by atoms with E-state index in [1.54, 1.807) is 0 Å². The summed E-state index contributed by atoms with van der Waals surface area (Å²) in [6.07, 6.45) is 0. The predicted molar refractivity (Wildman–Crippen MR) is 244 cm³/mol. The first kappa shape index (κ1) is 32.5. The highest BCUT2D eigenvalue weighted by Crippen LogP contribution is 2.43. The summed E-state index contributed by atoms with van der Waals surface area (Å²) in [7, 11) is 0. The molecule has 0 saturated heterocycles. The molecule has 0 fully saturated rings. The minimum Gasteiger partial charge on any atom is -0.371 e. The molecule has 0 amide bonds. The Bertz CT molecular complexity index is 3410. The van der Waals surface area contributed by atoms with Gasteiger partial charge in [-0.3, -0.25) is 0 Å². The fourth-order valence-corrected chi connectivity index (χ4v) is 9.28. The van der Waals surface area contributed by atoms with E-state index in [9.17, 15) is 0 Å². The average Bonchev–Trinajstić information content (AvgIpc) is 3.80. The highest BCUT2D eigenvalue weighted by molar-refractivity contribution is 6.25. The van der Waals surface area contributed by atoms with E-state index >= 15 is 0 Å². The first-order chi connectivity index (χ1) is 28.8. The lowest BCUT2D eigenvalue weighted by Gasteiger charge is -2.28. The Hall–Kier alpha value is -7.69. The summed E-state index contributed by atoms with van der Waals surface area (Å²) in [6.45, 7) is 0. The van der Waals surface area contributed by atoms with Crippen molar-refractivity contribution < 1.29 is 0 Å². The number of benzene rings is 9. The van der Waals surface area contributed by atoms with Crippen LogP contribution in [0.4, 0.5) is 11.4 Å². The third-order valence-corrected chi connectivity index (χ3v) is 11.9. The largest absolute Gasteiger partial charge is 0.371 e. The minimum absolute atomic E-state index is 0.0521. The maximum Gasteiger partial charge on any atom is 0.0947 e. The van der Waals surface area contributed by atoms with Gasteiger partial charge < -0.3 is 14.5 Å². The molecule has 1 atom stereocenters. The molecule has 1 aliphatic rings. The van der Waals surface area contributed by atoms with Crippen molar-refractivity contribution in [1.29, 1.82) is 0 Å². The zero-order chi connectivity index (χ0) is 38.2. The SMILES string of the molecule is c1ccc(C2=Nc3cc(-c4cccc(-n5c6cc7c(cc6c6c8ccccc8ccc65)c5ccccc5n7-c5ccccc5)c4)ccc3NC2c2ccccc2)cc1. The van der Waals surface area contributed by atoms with Gasteiger partial charge in [0.25, 0.3) is 0 Å².